The molecule has 0 aliphatic carbocycles. The van der Waals surface area contributed by atoms with Gasteiger partial charge >= 0.3 is 0 Å². The normalized spacial score (nSPS) is 9.38. The van der Waals surface area contributed by atoms with E-state index in [0.29, 0.717) is 5.56 Å². The minimum absolute atomic E-state index is 0.101. The van der Waals surface area contributed by atoms with Crippen molar-refractivity contribution in [3.05, 3.63) is 40.4 Å². The number of hydrogen-bond donors (Lipinski definition) is 1. The van der Waals surface area contributed by atoms with Crippen molar-refractivity contribution in [2.75, 3.05) is 7.05 Å². The van der Waals surface area contributed by atoms with Crippen LogP contribution in [0.1, 0.15) is 15.9 Å². The molecule has 0 saturated carbocycles. The summed E-state index contributed by atoms with van der Waals surface area (Å²) in [5.74, 6) is -0.101. The number of carbonyl (C=O) groups is 1. The fourth-order valence-electron chi connectivity index (χ4n) is 1.02. The molecule has 0 atom stereocenters. The summed E-state index contributed by atoms with van der Waals surface area (Å²) in [6.45, 7) is 3.66. The van der Waals surface area contributed by atoms with E-state index in [1.165, 1.54) is 0 Å². The van der Waals surface area contributed by atoms with Gasteiger partial charge in [0.25, 0.3) is 5.91 Å². The number of carbonyl (C=O) groups excluding carboxylic acids is 1. The number of nitrogens with one attached hydrogen (secondary N) is 1. The van der Waals surface area contributed by atoms with E-state index in [-0.39, 0.29) is 5.91 Å². The number of benzene rings is 1. The third kappa shape index (κ3) is 1.98. The van der Waals surface area contributed by atoms with Crippen molar-refractivity contribution in [1.29, 1.82) is 0 Å². The molecule has 3 heteroatoms. The van der Waals surface area contributed by atoms with E-state index < -0.39 is 0 Å². The van der Waals surface area contributed by atoms with Crippen LogP contribution in [0.25, 0.3) is 6.08 Å². The molecule has 0 fully saturated rings. The van der Waals surface area contributed by atoms with Crippen LogP contribution in [0.5, 0.6) is 0 Å². The first-order valence-corrected chi connectivity index (χ1v) is 4.63. The molecule has 0 aliphatic rings. The lowest BCUT2D eigenvalue weighted by atomic mass is 10.1. The summed E-state index contributed by atoms with van der Waals surface area (Å²) in [7, 11) is 1.61. The summed E-state index contributed by atoms with van der Waals surface area (Å²) < 4.78 is 0.782. The van der Waals surface area contributed by atoms with Crippen molar-refractivity contribution in [3.63, 3.8) is 0 Å². The van der Waals surface area contributed by atoms with Crippen molar-refractivity contribution in [1.82, 2.24) is 5.32 Å². The molecule has 0 heterocycles. The Labute approximate surface area is 85.8 Å². The molecule has 1 N–H and O–H groups in total. The molecule has 1 aromatic rings. The fourth-order valence-corrected chi connectivity index (χ4v) is 1.62. The van der Waals surface area contributed by atoms with Crippen LogP contribution in [0.4, 0.5) is 0 Å². The maximum atomic E-state index is 11.3. The van der Waals surface area contributed by atoms with E-state index >= 15 is 0 Å². The molecule has 1 amide bonds. The Hall–Kier alpha value is -1.09. The Balaban J connectivity index is 3.23. The predicted octanol–water partition coefficient (Wildman–Crippen LogP) is 2.45. The molecule has 0 spiro atoms. The molecule has 0 radical (unpaired) electrons. The summed E-state index contributed by atoms with van der Waals surface area (Å²) in [5.41, 5.74) is 1.54. The van der Waals surface area contributed by atoms with Crippen molar-refractivity contribution in [2.45, 2.75) is 0 Å². The van der Waals surface area contributed by atoms with E-state index in [1.54, 1.807) is 19.2 Å². The molecule has 2 nitrogen and oxygen atoms in total. The minimum Gasteiger partial charge on any atom is -0.355 e. The second-order valence-corrected chi connectivity index (χ2v) is 3.29. The van der Waals surface area contributed by atoms with Crippen molar-refractivity contribution >= 4 is 27.9 Å². The second-order valence-electron chi connectivity index (χ2n) is 2.49. The van der Waals surface area contributed by atoms with Gasteiger partial charge in [0.05, 0.1) is 5.56 Å². The number of hydrogen-bond acceptors (Lipinski definition) is 1. The van der Waals surface area contributed by atoms with Crippen molar-refractivity contribution in [3.8, 4) is 0 Å². The van der Waals surface area contributed by atoms with E-state index in [9.17, 15) is 4.79 Å². The van der Waals surface area contributed by atoms with Crippen LogP contribution in [-0.2, 0) is 0 Å². The molecule has 0 saturated heterocycles. The summed E-state index contributed by atoms with van der Waals surface area (Å²) in [4.78, 5) is 11.3. The largest absolute Gasteiger partial charge is 0.355 e. The molecular formula is C10H10BrNO. The number of amides is 1. The van der Waals surface area contributed by atoms with Gasteiger partial charge in [0, 0.05) is 11.5 Å². The number of halogens is 1. The highest BCUT2D eigenvalue weighted by atomic mass is 79.9. The first kappa shape index (κ1) is 9.99. The van der Waals surface area contributed by atoms with Crippen LogP contribution < -0.4 is 5.32 Å². The van der Waals surface area contributed by atoms with Crippen molar-refractivity contribution in [2.24, 2.45) is 0 Å². The van der Waals surface area contributed by atoms with Gasteiger partial charge in [-0.1, -0.05) is 24.8 Å². The molecule has 0 unspecified atom stereocenters. The van der Waals surface area contributed by atoms with E-state index in [4.69, 9.17) is 0 Å². The van der Waals surface area contributed by atoms with Crippen LogP contribution in [0, 0.1) is 0 Å². The Morgan fingerprint density at radius 3 is 2.85 bits per heavy atom. The van der Waals surface area contributed by atoms with E-state index in [0.717, 1.165) is 10.0 Å². The van der Waals surface area contributed by atoms with Gasteiger partial charge in [-0.25, -0.2) is 0 Å². The summed E-state index contributed by atoms with van der Waals surface area (Å²) in [5, 5.41) is 2.57. The van der Waals surface area contributed by atoms with Gasteiger partial charge in [-0.15, -0.1) is 0 Å². The quantitative estimate of drug-likeness (QED) is 0.845. The third-order valence-electron chi connectivity index (χ3n) is 1.72. The zero-order valence-corrected chi connectivity index (χ0v) is 8.89. The van der Waals surface area contributed by atoms with Crippen LogP contribution in [0.3, 0.4) is 0 Å². The van der Waals surface area contributed by atoms with Gasteiger partial charge in [-0.3, -0.25) is 4.79 Å². The molecule has 1 rings (SSSR count). The van der Waals surface area contributed by atoms with Crippen LogP contribution >= 0.6 is 15.9 Å². The van der Waals surface area contributed by atoms with Crippen LogP contribution in [0.15, 0.2) is 29.3 Å². The Bertz CT molecular complexity index is 347. The van der Waals surface area contributed by atoms with E-state index in [1.807, 2.05) is 12.1 Å². The molecule has 0 aromatic heterocycles. The maximum Gasteiger partial charge on any atom is 0.252 e. The van der Waals surface area contributed by atoms with Gasteiger partial charge < -0.3 is 5.32 Å². The smallest absolute Gasteiger partial charge is 0.252 e. The van der Waals surface area contributed by atoms with Crippen LogP contribution in [0.2, 0.25) is 0 Å². The zero-order chi connectivity index (χ0) is 9.84. The first-order chi connectivity index (χ1) is 6.20. The monoisotopic (exact) mass is 239 g/mol. The van der Waals surface area contributed by atoms with Gasteiger partial charge in [0.2, 0.25) is 0 Å². The fraction of sp³-hybridized carbons (Fsp3) is 0.100. The Morgan fingerprint density at radius 2 is 2.31 bits per heavy atom. The summed E-state index contributed by atoms with van der Waals surface area (Å²) in [6.07, 6.45) is 1.70. The summed E-state index contributed by atoms with van der Waals surface area (Å²) in [6, 6.07) is 5.48. The molecular weight excluding hydrogens is 230 g/mol. The molecule has 68 valence electrons. The van der Waals surface area contributed by atoms with Gasteiger partial charge in [0.1, 0.15) is 0 Å². The molecule has 1 aromatic carbocycles. The van der Waals surface area contributed by atoms with Gasteiger partial charge in [-0.2, -0.15) is 0 Å². The minimum atomic E-state index is -0.101. The average Bonchev–Trinajstić information content (AvgIpc) is 2.17. The van der Waals surface area contributed by atoms with Gasteiger partial charge in [0.15, 0.2) is 0 Å². The summed E-state index contributed by atoms with van der Waals surface area (Å²) >= 11 is 3.35. The molecule has 0 bridgehead atoms. The Kier molecular flexibility index (Phi) is 3.25. The highest BCUT2D eigenvalue weighted by Crippen LogP contribution is 2.22. The lowest BCUT2D eigenvalue weighted by Crippen LogP contribution is -2.18. The van der Waals surface area contributed by atoms with Gasteiger partial charge in [-0.05, 0) is 27.6 Å². The second kappa shape index (κ2) is 4.23. The Morgan fingerprint density at radius 1 is 1.62 bits per heavy atom. The van der Waals surface area contributed by atoms with Crippen molar-refractivity contribution < 1.29 is 4.79 Å². The van der Waals surface area contributed by atoms with Crippen LogP contribution in [-0.4, -0.2) is 13.0 Å². The lowest BCUT2D eigenvalue weighted by molar-refractivity contribution is 0.0962. The average molecular weight is 240 g/mol. The first-order valence-electron chi connectivity index (χ1n) is 3.83. The molecule has 0 aliphatic heterocycles. The van der Waals surface area contributed by atoms with E-state index in [2.05, 4.69) is 27.8 Å². The SMILES string of the molecule is C=Cc1cccc(C(=O)NC)c1Br. The lowest BCUT2D eigenvalue weighted by Gasteiger charge is -2.04. The highest BCUT2D eigenvalue weighted by Gasteiger charge is 2.09. The third-order valence-corrected chi connectivity index (χ3v) is 2.61. The topological polar surface area (TPSA) is 29.1 Å². The highest BCUT2D eigenvalue weighted by molar-refractivity contribution is 9.10. The molecule has 13 heavy (non-hydrogen) atoms. The number of rotatable bonds is 2. The predicted molar refractivity (Wildman–Crippen MR) is 57.6 cm³/mol. The zero-order valence-electron chi connectivity index (χ0n) is 7.30. The standard InChI is InChI=1S/C10H10BrNO/c1-3-7-5-4-6-8(9(7)11)10(13)12-2/h3-6H,1H2,2H3,(H,12,13). The maximum absolute atomic E-state index is 11.3.